The monoisotopic (exact) mass is 445 g/mol. The highest BCUT2D eigenvalue weighted by Crippen LogP contribution is 2.23. The number of pyridine rings is 1. The lowest BCUT2D eigenvalue weighted by molar-refractivity contribution is -0.115. The summed E-state index contributed by atoms with van der Waals surface area (Å²) in [5.41, 5.74) is 3.01. The van der Waals surface area contributed by atoms with E-state index in [0.717, 1.165) is 26.5 Å². The lowest BCUT2D eigenvalue weighted by atomic mass is 10.1. The maximum atomic E-state index is 12.6. The van der Waals surface area contributed by atoms with Crippen molar-refractivity contribution < 1.29 is 4.79 Å². The third-order valence-corrected chi connectivity index (χ3v) is 5.08. The van der Waals surface area contributed by atoms with Crippen molar-refractivity contribution in [2.45, 2.75) is 13.3 Å². The molecule has 0 fully saturated rings. The fraction of sp³-hybridized carbons (Fsp3) is 0.0909. The van der Waals surface area contributed by atoms with E-state index in [1.54, 1.807) is 0 Å². The summed E-state index contributed by atoms with van der Waals surface area (Å²) >= 11 is 3.38. The Morgan fingerprint density at radius 3 is 2.72 bits per heavy atom. The predicted octanol–water partition coefficient (Wildman–Crippen LogP) is 4.54. The number of hydrogen-bond acceptors (Lipinski definition) is 4. The lowest BCUT2D eigenvalue weighted by Gasteiger charge is -2.11. The van der Waals surface area contributed by atoms with Crippen LogP contribution in [0.5, 0.6) is 0 Å². The third kappa shape index (κ3) is 3.89. The highest BCUT2D eigenvalue weighted by Gasteiger charge is 2.17. The first-order valence-corrected chi connectivity index (χ1v) is 9.73. The van der Waals surface area contributed by atoms with Crippen LogP contribution in [0.25, 0.3) is 16.7 Å². The number of para-hydroxylation sites is 1. The van der Waals surface area contributed by atoms with Gasteiger partial charge in [-0.05, 0) is 42.3 Å². The summed E-state index contributed by atoms with van der Waals surface area (Å²) in [6.45, 7) is 1.99. The van der Waals surface area contributed by atoms with Gasteiger partial charge in [0.25, 0.3) is 0 Å². The number of anilines is 1. The molecule has 0 saturated heterocycles. The number of nitrogens with zero attached hydrogens (tertiary/aromatic N) is 4. The molecule has 2 heterocycles. The summed E-state index contributed by atoms with van der Waals surface area (Å²) in [7, 11) is 0. The molecule has 0 atom stereocenters. The number of aryl methyl sites for hydroxylation is 1. The van der Waals surface area contributed by atoms with Crippen LogP contribution in [-0.4, -0.2) is 20.7 Å². The number of carbonyl (C=O) groups excluding carboxylic acids is 1. The number of aromatic nitrogens is 3. The van der Waals surface area contributed by atoms with E-state index in [4.69, 9.17) is 0 Å². The number of carbonyl (C=O) groups is 1. The number of fused-ring (bicyclic) bond motifs is 1. The molecule has 6 nitrogen and oxygen atoms in total. The topological polar surface area (TPSA) is 83.6 Å². The Bertz CT molecular complexity index is 1250. The van der Waals surface area contributed by atoms with Gasteiger partial charge in [-0.3, -0.25) is 4.79 Å². The number of rotatable bonds is 4. The molecule has 0 unspecified atom stereocenters. The zero-order chi connectivity index (χ0) is 20.4. The van der Waals surface area contributed by atoms with E-state index in [1.165, 1.54) is 10.9 Å². The Kier molecular flexibility index (Phi) is 5.10. The predicted molar refractivity (Wildman–Crippen MR) is 115 cm³/mol. The van der Waals surface area contributed by atoms with Crippen molar-refractivity contribution in [2.75, 3.05) is 5.32 Å². The van der Waals surface area contributed by atoms with Crippen LogP contribution in [-0.2, 0) is 11.2 Å². The van der Waals surface area contributed by atoms with Gasteiger partial charge in [0.1, 0.15) is 11.6 Å². The number of amides is 1. The number of nitrogens with one attached hydrogen (secondary N) is 1. The fourth-order valence-corrected chi connectivity index (χ4v) is 3.39. The Morgan fingerprint density at radius 2 is 1.97 bits per heavy atom. The van der Waals surface area contributed by atoms with Gasteiger partial charge in [-0.25, -0.2) is 4.98 Å². The Labute approximate surface area is 175 Å². The van der Waals surface area contributed by atoms with E-state index in [-0.39, 0.29) is 17.9 Å². The van der Waals surface area contributed by atoms with Crippen molar-refractivity contribution in [1.29, 1.82) is 5.26 Å². The molecule has 0 spiro atoms. The van der Waals surface area contributed by atoms with Crippen molar-refractivity contribution in [2.24, 2.45) is 0 Å². The van der Waals surface area contributed by atoms with Crippen LogP contribution < -0.4 is 5.32 Å². The van der Waals surface area contributed by atoms with Crippen molar-refractivity contribution in [3.63, 3.8) is 0 Å². The molecule has 0 aliphatic carbocycles. The zero-order valence-corrected chi connectivity index (χ0v) is 17.1. The molecule has 2 aromatic carbocycles. The molecule has 0 aliphatic rings. The SMILES string of the molecule is Cc1cc(-n2ncc(C#N)c2NC(=O)Cc2ccc(Br)cc2)nc2ccccc12. The molecule has 1 amide bonds. The van der Waals surface area contributed by atoms with Crippen LogP contribution in [0.3, 0.4) is 0 Å². The second kappa shape index (κ2) is 7.86. The largest absolute Gasteiger partial charge is 0.309 e. The molecular formula is C22H16BrN5O. The van der Waals surface area contributed by atoms with Gasteiger partial charge in [-0.2, -0.15) is 15.0 Å². The van der Waals surface area contributed by atoms with Crippen LogP contribution in [0.2, 0.25) is 0 Å². The van der Waals surface area contributed by atoms with Crippen molar-refractivity contribution in [3.8, 4) is 11.9 Å². The minimum absolute atomic E-state index is 0.188. The van der Waals surface area contributed by atoms with Crippen LogP contribution in [0.4, 0.5) is 5.82 Å². The summed E-state index contributed by atoms with van der Waals surface area (Å²) < 4.78 is 2.45. The molecule has 1 N–H and O–H groups in total. The molecule has 4 rings (SSSR count). The molecule has 0 radical (unpaired) electrons. The first-order valence-electron chi connectivity index (χ1n) is 8.94. The van der Waals surface area contributed by atoms with Gasteiger partial charge in [0, 0.05) is 9.86 Å². The minimum Gasteiger partial charge on any atom is -0.309 e. The molecule has 29 heavy (non-hydrogen) atoms. The van der Waals surface area contributed by atoms with E-state index < -0.39 is 0 Å². The minimum atomic E-state index is -0.233. The number of hydrogen-bond donors (Lipinski definition) is 1. The van der Waals surface area contributed by atoms with Gasteiger partial charge in [-0.1, -0.05) is 46.3 Å². The van der Waals surface area contributed by atoms with Crippen molar-refractivity contribution in [1.82, 2.24) is 14.8 Å². The van der Waals surface area contributed by atoms with Crippen molar-refractivity contribution >= 4 is 38.6 Å². The van der Waals surface area contributed by atoms with E-state index in [2.05, 4.69) is 37.4 Å². The van der Waals surface area contributed by atoms with Crippen LogP contribution >= 0.6 is 15.9 Å². The summed E-state index contributed by atoms with van der Waals surface area (Å²) in [5.74, 6) is 0.626. The van der Waals surface area contributed by atoms with Gasteiger partial charge in [0.15, 0.2) is 11.6 Å². The maximum absolute atomic E-state index is 12.6. The molecule has 0 bridgehead atoms. The molecule has 4 aromatic rings. The van der Waals surface area contributed by atoms with Crippen LogP contribution in [0.15, 0.2) is 65.3 Å². The van der Waals surface area contributed by atoms with E-state index in [9.17, 15) is 10.1 Å². The summed E-state index contributed by atoms with van der Waals surface area (Å²) in [4.78, 5) is 17.3. The summed E-state index contributed by atoms with van der Waals surface area (Å²) in [6, 6.07) is 19.3. The Morgan fingerprint density at radius 1 is 1.21 bits per heavy atom. The Hall–Kier alpha value is -3.50. The summed E-state index contributed by atoms with van der Waals surface area (Å²) in [5, 5.41) is 17.6. The second-order valence-corrected chi connectivity index (χ2v) is 7.51. The molecule has 0 aliphatic heterocycles. The highest BCUT2D eigenvalue weighted by molar-refractivity contribution is 9.10. The lowest BCUT2D eigenvalue weighted by Crippen LogP contribution is -2.18. The van der Waals surface area contributed by atoms with Gasteiger partial charge in [-0.15, -0.1) is 0 Å². The number of benzene rings is 2. The average Bonchev–Trinajstić information content (AvgIpc) is 3.12. The molecule has 0 saturated carbocycles. The normalized spacial score (nSPS) is 10.7. The van der Waals surface area contributed by atoms with Gasteiger partial charge >= 0.3 is 0 Å². The standard InChI is InChI=1S/C22H16BrN5O/c1-14-10-20(26-19-5-3-2-4-18(14)19)28-22(16(12-24)13-25-28)27-21(29)11-15-6-8-17(23)9-7-15/h2-10,13H,11H2,1H3,(H,27,29). The van der Waals surface area contributed by atoms with Gasteiger partial charge in [0.05, 0.1) is 18.1 Å². The highest BCUT2D eigenvalue weighted by atomic mass is 79.9. The van der Waals surface area contributed by atoms with Crippen molar-refractivity contribution in [3.05, 3.63) is 82.0 Å². The van der Waals surface area contributed by atoms with E-state index in [0.29, 0.717) is 11.6 Å². The average molecular weight is 446 g/mol. The zero-order valence-electron chi connectivity index (χ0n) is 15.6. The third-order valence-electron chi connectivity index (χ3n) is 4.55. The first kappa shape index (κ1) is 18.8. The van der Waals surface area contributed by atoms with Gasteiger partial charge in [0.2, 0.25) is 5.91 Å². The van der Waals surface area contributed by atoms with Crippen LogP contribution in [0.1, 0.15) is 16.7 Å². The maximum Gasteiger partial charge on any atom is 0.229 e. The molecular weight excluding hydrogens is 430 g/mol. The first-order chi connectivity index (χ1) is 14.0. The second-order valence-electron chi connectivity index (χ2n) is 6.60. The number of nitriles is 1. The number of halogens is 1. The smallest absolute Gasteiger partial charge is 0.229 e. The van der Waals surface area contributed by atoms with Gasteiger partial charge < -0.3 is 5.32 Å². The van der Waals surface area contributed by atoms with E-state index >= 15 is 0 Å². The molecule has 7 heteroatoms. The summed E-state index contributed by atoms with van der Waals surface area (Å²) in [6.07, 6.45) is 1.62. The quantitative estimate of drug-likeness (QED) is 0.499. The molecule has 142 valence electrons. The molecule has 2 aromatic heterocycles. The van der Waals surface area contributed by atoms with E-state index in [1.807, 2.05) is 61.5 Å². The van der Waals surface area contributed by atoms with Crippen LogP contribution in [0, 0.1) is 18.3 Å². The Balaban J connectivity index is 1.68. The fourth-order valence-electron chi connectivity index (χ4n) is 3.13.